The second kappa shape index (κ2) is 13.7. The maximum absolute atomic E-state index is 13.6. The Balaban J connectivity index is 1.61. The molecule has 1 aromatic heterocycles. The molecular weight excluding hydrogens is 617 g/mol. The molecular formula is C34H47F3N4O4S. The van der Waals surface area contributed by atoms with Crippen LogP contribution in [0.5, 0.6) is 0 Å². The Kier molecular flexibility index (Phi) is 10.7. The van der Waals surface area contributed by atoms with Gasteiger partial charge in [-0.15, -0.1) is 11.8 Å². The van der Waals surface area contributed by atoms with Gasteiger partial charge in [0.05, 0.1) is 23.0 Å². The van der Waals surface area contributed by atoms with Gasteiger partial charge in [-0.3, -0.25) is 9.59 Å². The molecule has 2 saturated heterocycles. The zero-order valence-electron chi connectivity index (χ0n) is 27.7. The highest BCUT2D eigenvalue weighted by Crippen LogP contribution is 2.39. The summed E-state index contributed by atoms with van der Waals surface area (Å²) < 4.78 is 48.2. The highest BCUT2D eigenvalue weighted by molar-refractivity contribution is 7.98. The number of ether oxygens (including phenoxy) is 1. The van der Waals surface area contributed by atoms with E-state index in [1.54, 1.807) is 32.9 Å². The van der Waals surface area contributed by atoms with E-state index in [0.717, 1.165) is 30.9 Å². The fourth-order valence-corrected chi connectivity index (χ4v) is 7.03. The maximum Gasteiger partial charge on any atom is 0.418 e. The standard InChI is InChI=1S/C34H47F3N4O4S/c1-19-9-8-13-33(6)27(39-33)18-26(45-29(42)12-14-32(4,5)31(44)21(3)30(19)43)20(2)15-22-16-28(46-7)41(40-22)23-10-11-25(38)24(17-23)34(35,36)37/h10-11,15-17,19,21,26-27,30,39,43H,8-9,12-14,18,38H2,1-7H3/b20-15+/t19-,21+,26-,27-,30-,33+/m0/s1. The highest BCUT2D eigenvalue weighted by Gasteiger charge is 2.50. The van der Waals surface area contributed by atoms with Crippen LogP contribution in [0.15, 0.2) is 34.9 Å². The number of Topliss-reactive ketones (excluding diaryl/α,β-unsaturated/α-hetero) is 1. The summed E-state index contributed by atoms with van der Waals surface area (Å²) in [5.41, 5.74) is 4.85. The number of hydrogen-bond acceptors (Lipinski definition) is 8. The highest BCUT2D eigenvalue weighted by atomic mass is 32.2. The molecule has 2 fully saturated rings. The topological polar surface area (TPSA) is 129 Å². The number of aromatic nitrogens is 2. The monoisotopic (exact) mass is 664 g/mol. The number of cyclic esters (lactones) is 1. The first kappa shape index (κ1) is 36.0. The number of rotatable bonds is 4. The van der Waals surface area contributed by atoms with E-state index in [-0.39, 0.29) is 47.5 Å². The molecule has 12 heteroatoms. The van der Waals surface area contributed by atoms with E-state index in [2.05, 4.69) is 17.3 Å². The van der Waals surface area contributed by atoms with Crippen LogP contribution in [0.2, 0.25) is 0 Å². The van der Waals surface area contributed by atoms with Gasteiger partial charge in [-0.2, -0.15) is 18.3 Å². The van der Waals surface area contributed by atoms with Crippen LogP contribution in [0.25, 0.3) is 11.8 Å². The lowest BCUT2D eigenvalue weighted by atomic mass is 9.74. The molecule has 0 saturated carbocycles. The van der Waals surface area contributed by atoms with Crippen LogP contribution in [0, 0.1) is 17.3 Å². The molecule has 0 unspecified atom stereocenters. The van der Waals surface area contributed by atoms with Crippen molar-refractivity contribution in [3.8, 4) is 5.69 Å². The number of hydrogen-bond donors (Lipinski definition) is 3. The van der Waals surface area contributed by atoms with Gasteiger partial charge in [0.2, 0.25) is 0 Å². The van der Waals surface area contributed by atoms with E-state index in [1.165, 1.54) is 28.6 Å². The Bertz CT molecular complexity index is 1470. The second-order valence-electron chi connectivity index (χ2n) is 13.9. The third-order valence-corrected chi connectivity index (χ3v) is 10.5. The van der Waals surface area contributed by atoms with Gasteiger partial charge in [0, 0.05) is 41.4 Å². The molecule has 254 valence electrons. The molecule has 6 atom stereocenters. The van der Waals surface area contributed by atoms with E-state index < -0.39 is 41.2 Å². The fourth-order valence-electron chi connectivity index (χ4n) is 6.47. The van der Waals surface area contributed by atoms with Crippen LogP contribution in [0.1, 0.15) is 91.3 Å². The first-order chi connectivity index (χ1) is 21.4. The molecule has 4 N–H and O–H groups in total. The number of fused-ring (bicyclic) bond motifs is 1. The summed E-state index contributed by atoms with van der Waals surface area (Å²) in [4.78, 5) is 26.6. The minimum absolute atomic E-state index is 0.0365. The number of nitrogen functional groups attached to an aromatic ring is 1. The molecule has 1 aromatic carbocycles. The summed E-state index contributed by atoms with van der Waals surface area (Å²) >= 11 is 1.34. The number of thioether (sulfide) groups is 1. The lowest BCUT2D eigenvalue weighted by Gasteiger charge is -2.31. The maximum atomic E-state index is 13.6. The van der Waals surface area contributed by atoms with E-state index in [0.29, 0.717) is 17.1 Å². The number of halogens is 3. The minimum atomic E-state index is -4.61. The molecule has 3 heterocycles. The Morgan fingerprint density at radius 2 is 1.89 bits per heavy atom. The normalized spacial score (nSPS) is 30.1. The van der Waals surface area contributed by atoms with Crippen LogP contribution in [0.4, 0.5) is 18.9 Å². The smallest absolute Gasteiger partial charge is 0.418 e. The first-order valence-electron chi connectivity index (χ1n) is 15.8. The molecule has 2 aromatic rings. The van der Waals surface area contributed by atoms with Gasteiger partial charge in [-0.1, -0.05) is 34.1 Å². The summed E-state index contributed by atoms with van der Waals surface area (Å²) in [6.07, 6.45) is 1.08. The van der Waals surface area contributed by atoms with E-state index in [4.69, 9.17) is 10.5 Å². The van der Waals surface area contributed by atoms with Crippen LogP contribution in [-0.4, -0.2) is 56.7 Å². The van der Waals surface area contributed by atoms with Gasteiger partial charge in [0.25, 0.3) is 0 Å². The molecule has 0 radical (unpaired) electrons. The third-order valence-electron chi connectivity index (χ3n) is 9.77. The lowest BCUT2D eigenvalue weighted by molar-refractivity contribution is -0.149. The van der Waals surface area contributed by atoms with Crippen LogP contribution >= 0.6 is 11.8 Å². The van der Waals surface area contributed by atoms with Crippen molar-refractivity contribution in [2.45, 2.75) is 115 Å². The molecule has 0 spiro atoms. The number of ketones is 1. The molecule has 2 aliphatic rings. The van der Waals surface area contributed by atoms with Crippen molar-refractivity contribution >= 4 is 35.3 Å². The average Bonchev–Trinajstić information content (AvgIpc) is 3.43. The van der Waals surface area contributed by atoms with E-state index in [1.807, 2.05) is 20.1 Å². The zero-order chi connectivity index (χ0) is 34.2. The summed E-state index contributed by atoms with van der Waals surface area (Å²) in [5.74, 6) is -1.08. The minimum Gasteiger partial charge on any atom is -0.458 e. The van der Waals surface area contributed by atoms with Crippen molar-refractivity contribution in [1.29, 1.82) is 0 Å². The van der Waals surface area contributed by atoms with Crippen molar-refractivity contribution in [1.82, 2.24) is 15.1 Å². The largest absolute Gasteiger partial charge is 0.458 e. The zero-order valence-corrected chi connectivity index (χ0v) is 28.5. The summed E-state index contributed by atoms with van der Waals surface area (Å²) in [6, 6.07) is 5.59. The van der Waals surface area contributed by atoms with E-state index >= 15 is 0 Å². The van der Waals surface area contributed by atoms with Crippen molar-refractivity contribution < 1.29 is 32.6 Å². The van der Waals surface area contributed by atoms with Gasteiger partial charge < -0.3 is 20.9 Å². The van der Waals surface area contributed by atoms with Gasteiger partial charge >= 0.3 is 12.1 Å². The Labute approximate surface area is 273 Å². The Morgan fingerprint density at radius 3 is 2.54 bits per heavy atom. The summed E-state index contributed by atoms with van der Waals surface area (Å²) in [6.45, 7) is 11.4. The van der Waals surface area contributed by atoms with Crippen LogP contribution in [0.3, 0.4) is 0 Å². The number of aliphatic hydroxyl groups excluding tert-OH is 1. The molecule has 0 bridgehead atoms. The predicted octanol–water partition coefficient (Wildman–Crippen LogP) is 6.82. The van der Waals surface area contributed by atoms with Crippen molar-refractivity contribution in [2.24, 2.45) is 17.3 Å². The number of nitrogens with zero attached hydrogens (tertiary/aromatic N) is 2. The molecule has 2 aliphatic heterocycles. The first-order valence-corrected chi connectivity index (χ1v) is 17.1. The molecule has 4 rings (SSSR count). The van der Waals surface area contributed by atoms with Gasteiger partial charge in [-0.25, -0.2) is 4.68 Å². The van der Waals surface area contributed by atoms with Crippen LogP contribution < -0.4 is 11.1 Å². The summed E-state index contributed by atoms with van der Waals surface area (Å²) in [7, 11) is 0. The number of carbonyl (C=O) groups is 2. The number of nitrogens with one attached hydrogen (secondary N) is 1. The number of anilines is 1. The number of alkyl halides is 3. The number of benzene rings is 1. The van der Waals surface area contributed by atoms with E-state index in [9.17, 15) is 27.9 Å². The Morgan fingerprint density at radius 1 is 1.20 bits per heavy atom. The SMILES string of the molecule is CSc1cc(/C=C(\C)[C@@H]2C[C@@H]3N[C@]3(C)CCC[C@H](C)[C@H](O)[C@@H](C)C(=O)C(C)(C)CCC(=O)O2)nn1-c1ccc(N)c(C(F)(F)F)c1. The molecule has 0 amide bonds. The summed E-state index contributed by atoms with van der Waals surface area (Å²) in [5, 5.41) is 19.7. The van der Waals surface area contributed by atoms with Crippen molar-refractivity contribution in [3.63, 3.8) is 0 Å². The van der Waals surface area contributed by atoms with Gasteiger partial charge in [0.15, 0.2) is 0 Å². The number of nitrogens with two attached hydrogens (primary N) is 1. The van der Waals surface area contributed by atoms with Crippen molar-refractivity contribution in [2.75, 3.05) is 12.0 Å². The van der Waals surface area contributed by atoms with Gasteiger partial charge in [-0.05, 0) is 81.2 Å². The number of aliphatic hydroxyl groups is 1. The molecule has 8 nitrogen and oxygen atoms in total. The quantitative estimate of drug-likeness (QED) is 0.141. The Hall–Kier alpha value is -2.83. The molecule has 0 aliphatic carbocycles. The number of esters is 1. The third kappa shape index (κ3) is 8.17. The average molecular weight is 665 g/mol. The second-order valence-corrected chi connectivity index (χ2v) is 14.7. The van der Waals surface area contributed by atoms with Gasteiger partial charge in [0.1, 0.15) is 16.9 Å². The van der Waals surface area contributed by atoms with Crippen LogP contribution in [-0.2, 0) is 20.5 Å². The molecule has 46 heavy (non-hydrogen) atoms. The lowest BCUT2D eigenvalue weighted by Crippen LogP contribution is -2.39. The van der Waals surface area contributed by atoms with Crippen molar-refractivity contribution in [3.05, 3.63) is 41.1 Å². The number of carbonyl (C=O) groups excluding carboxylic acids is 2. The fraction of sp³-hybridized carbons (Fsp3) is 0.618. The predicted molar refractivity (Wildman–Crippen MR) is 174 cm³/mol.